The van der Waals surface area contributed by atoms with Crippen LogP contribution in [0.1, 0.15) is 31.2 Å². The van der Waals surface area contributed by atoms with Gasteiger partial charge in [-0.1, -0.05) is 12.5 Å². The van der Waals surface area contributed by atoms with Crippen LogP contribution < -0.4 is 14.8 Å². The predicted octanol–water partition coefficient (Wildman–Crippen LogP) is 2.42. The molecule has 0 saturated carbocycles. The first-order valence-electron chi connectivity index (χ1n) is 8.00. The van der Waals surface area contributed by atoms with Crippen LogP contribution in [0.4, 0.5) is 0 Å². The first-order valence-corrected chi connectivity index (χ1v) is 8.00. The van der Waals surface area contributed by atoms with Gasteiger partial charge in [-0.25, -0.2) is 0 Å². The number of benzene rings is 1. The second kappa shape index (κ2) is 6.67. The zero-order chi connectivity index (χ0) is 14.7. The third-order valence-electron chi connectivity index (χ3n) is 4.90. The Bertz CT molecular complexity index is 478. The van der Waals surface area contributed by atoms with Crippen molar-refractivity contribution >= 4 is 0 Å². The Kier molecular flexibility index (Phi) is 4.66. The Morgan fingerprint density at radius 3 is 2.86 bits per heavy atom. The number of nitrogens with one attached hydrogen (secondary N) is 1. The lowest BCUT2D eigenvalue weighted by atomic mass is 9.99. The average molecular weight is 290 g/mol. The summed E-state index contributed by atoms with van der Waals surface area (Å²) < 4.78 is 10.7. The van der Waals surface area contributed by atoms with Crippen LogP contribution >= 0.6 is 0 Å². The molecule has 21 heavy (non-hydrogen) atoms. The molecule has 0 bridgehead atoms. The van der Waals surface area contributed by atoms with E-state index in [-0.39, 0.29) is 0 Å². The van der Waals surface area contributed by atoms with Crippen LogP contribution in [-0.4, -0.2) is 44.3 Å². The molecule has 1 aromatic rings. The van der Waals surface area contributed by atoms with Gasteiger partial charge in [0.15, 0.2) is 0 Å². The molecule has 0 radical (unpaired) electrons. The van der Waals surface area contributed by atoms with Crippen molar-refractivity contribution in [1.29, 1.82) is 0 Å². The molecule has 2 fully saturated rings. The number of hydrogen-bond donors (Lipinski definition) is 1. The van der Waals surface area contributed by atoms with Gasteiger partial charge in [-0.05, 0) is 31.9 Å². The molecule has 1 N–H and O–H groups in total. The summed E-state index contributed by atoms with van der Waals surface area (Å²) in [5.41, 5.74) is 1.20. The number of rotatable bonds is 5. The summed E-state index contributed by atoms with van der Waals surface area (Å²) in [6.07, 6.45) is 5.36. The summed E-state index contributed by atoms with van der Waals surface area (Å²) in [5, 5.41) is 3.75. The molecule has 0 aliphatic carbocycles. The summed E-state index contributed by atoms with van der Waals surface area (Å²) in [5.74, 6) is 1.75. The molecular formula is C17H26N2O2. The number of fused-ring (bicyclic) bond motifs is 1. The molecule has 4 heteroatoms. The summed E-state index contributed by atoms with van der Waals surface area (Å²) in [6, 6.07) is 7.41. The van der Waals surface area contributed by atoms with Gasteiger partial charge in [-0.15, -0.1) is 0 Å². The standard InChI is InChI=1S/C17H26N2O2/c1-20-14-7-6-13(17(11-14)21-2)12-18-15-8-10-19-9-4-3-5-16(15)19/h6-7,11,15-16,18H,3-5,8-10,12H2,1-2H3. The largest absolute Gasteiger partial charge is 0.497 e. The topological polar surface area (TPSA) is 33.7 Å². The zero-order valence-electron chi connectivity index (χ0n) is 13.1. The Morgan fingerprint density at radius 2 is 2.05 bits per heavy atom. The molecule has 2 aliphatic heterocycles. The van der Waals surface area contributed by atoms with Gasteiger partial charge in [-0.2, -0.15) is 0 Å². The average Bonchev–Trinajstić information content (AvgIpc) is 2.96. The maximum Gasteiger partial charge on any atom is 0.127 e. The van der Waals surface area contributed by atoms with Crippen molar-refractivity contribution in [2.75, 3.05) is 27.3 Å². The van der Waals surface area contributed by atoms with Crippen LogP contribution in [-0.2, 0) is 6.54 Å². The smallest absolute Gasteiger partial charge is 0.127 e. The van der Waals surface area contributed by atoms with Crippen LogP contribution in [0.2, 0.25) is 0 Å². The van der Waals surface area contributed by atoms with Crippen molar-refractivity contribution in [2.24, 2.45) is 0 Å². The van der Waals surface area contributed by atoms with Crippen LogP contribution in [0.15, 0.2) is 18.2 Å². The van der Waals surface area contributed by atoms with Crippen LogP contribution in [0.3, 0.4) is 0 Å². The first kappa shape index (κ1) is 14.7. The second-order valence-corrected chi connectivity index (χ2v) is 6.05. The number of nitrogens with zero attached hydrogens (tertiary/aromatic N) is 1. The van der Waals surface area contributed by atoms with E-state index in [1.807, 2.05) is 12.1 Å². The van der Waals surface area contributed by atoms with E-state index in [4.69, 9.17) is 9.47 Å². The number of hydrogen-bond acceptors (Lipinski definition) is 4. The lowest BCUT2D eigenvalue weighted by Gasteiger charge is -2.32. The minimum Gasteiger partial charge on any atom is -0.497 e. The molecule has 4 nitrogen and oxygen atoms in total. The number of piperidine rings is 1. The van der Waals surface area contributed by atoms with Gasteiger partial charge in [0, 0.05) is 36.8 Å². The van der Waals surface area contributed by atoms with Gasteiger partial charge >= 0.3 is 0 Å². The van der Waals surface area contributed by atoms with E-state index in [1.54, 1.807) is 14.2 Å². The highest BCUT2D eigenvalue weighted by Gasteiger charge is 2.34. The highest BCUT2D eigenvalue weighted by atomic mass is 16.5. The van der Waals surface area contributed by atoms with Gasteiger partial charge in [0.1, 0.15) is 11.5 Å². The van der Waals surface area contributed by atoms with Gasteiger partial charge in [0.2, 0.25) is 0 Å². The van der Waals surface area contributed by atoms with Crippen LogP contribution in [0.5, 0.6) is 11.5 Å². The number of methoxy groups -OCH3 is 2. The van der Waals surface area contributed by atoms with Crippen molar-refractivity contribution in [3.63, 3.8) is 0 Å². The molecule has 2 heterocycles. The SMILES string of the molecule is COc1ccc(CNC2CCN3CCCCC23)c(OC)c1. The Balaban J connectivity index is 1.62. The van der Waals surface area contributed by atoms with E-state index >= 15 is 0 Å². The predicted molar refractivity (Wildman–Crippen MR) is 84.0 cm³/mol. The van der Waals surface area contributed by atoms with E-state index < -0.39 is 0 Å². The van der Waals surface area contributed by atoms with Crippen molar-refractivity contribution < 1.29 is 9.47 Å². The van der Waals surface area contributed by atoms with Crippen molar-refractivity contribution in [1.82, 2.24) is 10.2 Å². The molecule has 2 aliphatic rings. The lowest BCUT2D eigenvalue weighted by Crippen LogP contribution is -2.44. The Labute approximate surface area is 127 Å². The molecule has 0 spiro atoms. The summed E-state index contributed by atoms with van der Waals surface area (Å²) in [7, 11) is 3.40. The normalized spacial score (nSPS) is 25.6. The molecule has 0 aromatic heterocycles. The quantitative estimate of drug-likeness (QED) is 0.903. The van der Waals surface area contributed by atoms with Crippen LogP contribution in [0.25, 0.3) is 0 Å². The minimum atomic E-state index is 0.622. The van der Waals surface area contributed by atoms with E-state index in [2.05, 4.69) is 16.3 Å². The lowest BCUT2D eigenvalue weighted by molar-refractivity contribution is 0.180. The Morgan fingerprint density at radius 1 is 1.14 bits per heavy atom. The molecule has 116 valence electrons. The van der Waals surface area contributed by atoms with Gasteiger partial charge in [0.25, 0.3) is 0 Å². The monoisotopic (exact) mass is 290 g/mol. The fraction of sp³-hybridized carbons (Fsp3) is 0.647. The highest BCUT2D eigenvalue weighted by Crippen LogP contribution is 2.29. The second-order valence-electron chi connectivity index (χ2n) is 6.05. The summed E-state index contributed by atoms with van der Waals surface area (Å²) in [4.78, 5) is 2.66. The molecule has 1 aromatic carbocycles. The summed E-state index contributed by atoms with van der Waals surface area (Å²) in [6.45, 7) is 3.40. The molecular weight excluding hydrogens is 264 g/mol. The Hall–Kier alpha value is -1.26. The molecule has 3 rings (SSSR count). The van der Waals surface area contributed by atoms with Gasteiger partial charge < -0.3 is 14.8 Å². The fourth-order valence-corrected chi connectivity index (χ4v) is 3.72. The molecule has 2 unspecified atom stereocenters. The molecule has 2 atom stereocenters. The maximum absolute atomic E-state index is 5.48. The maximum atomic E-state index is 5.48. The van der Waals surface area contributed by atoms with Crippen molar-refractivity contribution in [3.05, 3.63) is 23.8 Å². The third-order valence-corrected chi connectivity index (χ3v) is 4.90. The van der Waals surface area contributed by atoms with E-state index in [1.165, 1.54) is 44.3 Å². The molecule has 2 saturated heterocycles. The van der Waals surface area contributed by atoms with Gasteiger partial charge in [0.05, 0.1) is 14.2 Å². The third kappa shape index (κ3) is 3.16. The van der Waals surface area contributed by atoms with E-state index in [0.717, 1.165) is 24.1 Å². The molecule has 0 amide bonds. The fourth-order valence-electron chi connectivity index (χ4n) is 3.72. The zero-order valence-corrected chi connectivity index (χ0v) is 13.1. The van der Waals surface area contributed by atoms with E-state index in [9.17, 15) is 0 Å². The summed E-state index contributed by atoms with van der Waals surface area (Å²) >= 11 is 0. The number of ether oxygens (including phenoxy) is 2. The van der Waals surface area contributed by atoms with Crippen LogP contribution in [0, 0.1) is 0 Å². The van der Waals surface area contributed by atoms with Crippen molar-refractivity contribution in [3.8, 4) is 11.5 Å². The van der Waals surface area contributed by atoms with E-state index in [0.29, 0.717) is 6.04 Å². The highest BCUT2D eigenvalue weighted by molar-refractivity contribution is 5.40. The van der Waals surface area contributed by atoms with Gasteiger partial charge in [-0.3, -0.25) is 4.90 Å². The minimum absolute atomic E-state index is 0.622. The van der Waals surface area contributed by atoms with Crippen molar-refractivity contribution in [2.45, 2.75) is 44.3 Å². The first-order chi connectivity index (χ1) is 10.3.